The Hall–Kier alpha value is -0.0400. The lowest BCUT2D eigenvalue weighted by Gasteiger charge is -2.30. The maximum atomic E-state index is 3.72. The van der Waals surface area contributed by atoms with Crippen molar-refractivity contribution in [3.63, 3.8) is 0 Å². The van der Waals surface area contributed by atoms with Gasteiger partial charge in [-0.15, -0.1) is 0 Å². The van der Waals surface area contributed by atoms with Crippen molar-refractivity contribution in [2.24, 2.45) is 5.92 Å². The molecule has 1 fully saturated rings. The van der Waals surface area contributed by atoms with E-state index in [2.05, 4.69) is 33.0 Å². The molecular weight excluding hydrogens is 146 g/mol. The first-order chi connectivity index (χ1) is 5.56. The van der Waals surface area contributed by atoms with Gasteiger partial charge in [0.05, 0.1) is 0 Å². The molecule has 1 saturated carbocycles. The molecule has 0 aromatic rings. The highest BCUT2D eigenvalue weighted by molar-refractivity contribution is 4.95. The first-order valence-corrected chi connectivity index (χ1v) is 5.34. The molecule has 0 heterocycles. The van der Waals surface area contributed by atoms with E-state index in [4.69, 9.17) is 0 Å². The number of hydrogen-bond acceptors (Lipinski definition) is 1. The Bertz CT molecular complexity index is 136. The van der Waals surface area contributed by atoms with Crippen LogP contribution in [0.2, 0.25) is 0 Å². The van der Waals surface area contributed by atoms with E-state index < -0.39 is 0 Å². The van der Waals surface area contributed by atoms with E-state index in [-0.39, 0.29) is 0 Å². The maximum Gasteiger partial charge on any atom is 0.0155 e. The van der Waals surface area contributed by atoms with E-state index in [1.54, 1.807) is 0 Å². The van der Waals surface area contributed by atoms with Gasteiger partial charge in [0, 0.05) is 11.6 Å². The van der Waals surface area contributed by atoms with E-state index >= 15 is 0 Å². The summed E-state index contributed by atoms with van der Waals surface area (Å²) in [5.41, 5.74) is 0.384. The minimum absolute atomic E-state index is 0.384. The van der Waals surface area contributed by atoms with Crippen LogP contribution in [0.3, 0.4) is 0 Å². The monoisotopic (exact) mass is 169 g/mol. The van der Waals surface area contributed by atoms with Crippen LogP contribution in [-0.4, -0.2) is 11.6 Å². The van der Waals surface area contributed by atoms with E-state index in [9.17, 15) is 0 Å². The zero-order valence-corrected chi connectivity index (χ0v) is 8.98. The van der Waals surface area contributed by atoms with Gasteiger partial charge < -0.3 is 5.32 Å². The van der Waals surface area contributed by atoms with Crippen molar-refractivity contribution in [1.82, 2.24) is 5.32 Å². The van der Waals surface area contributed by atoms with Gasteiger partial charge >= 0.3 is 0 Å². The Kier molecular flexibility index (Phi) is 3.16. The molecule has 1 nitrogen and oxygen atoms in total. The summed E-state index contributed by atoms with van der Waals surface area (Å²) < 4.78 is 0. The summed E-state index contributed by atoms with van der Waals surface area (Å²) in [6.45, 7) is 9.24. The van der Waals surface area contributed by atoms with Crippen LogP contribution in [0.15, 0.2) is 0 Å². The van der Waals surface area contributed by atoms with E-state index in [1.807, 2.05) is 0 Å². The molecule has 0 bridgehead atoms. The highest BCUT2D eigenvalue weighted by Gasteiger charge is 2.37. The third-order valence-corrected chi connectivity index (χ3v) is 2.94. The van der Waals surface area contributed by atoms with Gasteiger partial charge in [-0.05, 0) is 46.0 Å². The van der Waals surface area contributed by atoms with Crippen LogP contribution in [0, 0.1) is 5.92 Å². The van der Waals surface area contributed by atoms with Crippen molar-refractivity contribution in [3.8, 4) is 0 Å². The smallest absolute Gasteiger partial charge is 0.0155 e. The zero-order valence-electron chi connectivity index (χ0n) is 8.98. The van der Waals surface area contributed by atoms with Gasteiger partial charge in [0.1, 0.15) is 0 Å². The molecule has 1 atom stereocenters. The Labute approximate surface area is 76.9 Å². The second-order valence-electron chi connectivity index (χ2n) is 4.83. The van der Waals surface area contributed by atoms with Gasteiger partial charge in [-0.3, -0.25) is 0 Å². The fraction of sp³-hybridized carbons (Fsp3) is 1.00. The lowest BCUT2D eigenvalue weighted by atomic mass is 9.97. The molecule has 0 aliphatic heterocycles. The van der Waals surface area contributed by atoms with Gasteiger partial charge in [0.2, 0.25) is 0 Å². The lowest BCUT2D eigenvalue weighted by molar-refractivity contribution is 0.296. The average Bonchev–Trinajstić information content (AvgIpc) is 2.65. The Morgan fingerprint density at radius 1 is 1.42 bits per heavy atom. The Balaban J connectivity index is 2.27. The van der Waals surface area contributed by atoms with E-state index in [0.717, 1.165) is 5.92 Å². The highest BCUT2D eigenvalue weighted by Crippen LogP contribution is 2.39. The highest BCUT2D eigenvalue weighted by atomic mass is 15.0. The Morgan fingerprint density at radius 2 is 2.00 bits per heavy atom. The molecule has 1 heteroatoms. The minimum atomic E-state index is 0.384. The van der Waals surface area contributed by atoms with Crippen molar-refractivity contribution >= 4 is 0 Å². The molecule has 0 saturated heterocycles. The molecule has 1 aliphatic carbocycles. The second-order valence-corrected chi connectivity index (χ2v) is 4.83. The van der Waals surface area contributed by atoms with Crippen LogP contribution in [0.5, 0.6) is 0 Å². The summed E-state index contributed by atoms with van der Waals surface area (Å²) >= 11 is 0. The van der Waals surface area contributed by atoms with Crippen molar-refractivity contribution in [1.29, 1.82) is 0 Å². The molecule has 1 unspecified atom stereocenters. The Morgan fingerprint density at radius 3 is 2.42 bits per heavy atom. The predicted molar refractivity (Wildman–Crippen MR) is 54.3 cm³/mol. The molecule has 72 valence electrons. The zero-order chi connectivity index (χ0) is 9.19. The first kappa shape index (κ1) is 10.0. The van der Waals surface area contributed by atoms with E-state index in [0.29, 0.717) is 11.6 Å². The standard InChI is InChI=1S/C11H23N/c1-5-6-9(2)12-11(3,4)10-7-8-10/h9-10,12H,5-8H2,1-4H3. The van der Waals surface area contributed by atoms with Crippen LogP contribution in [0.25, 0.3) is 0 Å². The molecule has 12 heavy (non-hydrogen) atoms. The third kappa shape index (κ3) is 2.78. The van der Waals surface area contributed by atoms with Crippen molar-refractivity contribution in [3.05, 3.63) is 0 Å². The molecular formula is C11H23N. The molecule has 1 rings (SSSR count). The lowest BCUT2D eigenvalue weighted by Crippen LogP contribution is -2.46. The SMILES string of the molecule is CCCC(C)NC(C)(C)C1CC1. The second kappa shape index (κ2) is 3.78. The van der Waals surface area contributed by atoms with Crippen LogP contribution in [0.4, 0.5) is 0 Å². The molecule has 0 spiro atoms. The summed E-state index contributed by atoms with van der Waals surface area (Å²) in [6.07, 6.45) is 5.45. The first-order valence-electron chi connectivity index (χ1n) is 5.34. The normalized spacial score (nSPS) is 21.0. The molecule has 0 radical (unpaired) electrons. The predicted octanol–water partition coefficient (Wildman–Crippen LogP) is 2.95. The van der Waals surface area contributed by atoms with Crippen LogP contribution in [-0.2, 0) is 0 Å². The van der Waals surface area contributed by atoms with Gasteiger partial charge in [0.15, 0.2) is 0 Å². The maximum absolute atomic E-state index is 3.72. The third-order valence-electron chi connectivity index (χ3n) is 2.94. The average molecular weight is 169 g/mol. The summed E-state index contributed by atoms with van der Waals surface area (Å²) in [6, 6.07) is 0.686. The van der Waals surface area contributed by atoms with E-state index in [1.165, 1.54) is 25.7 Å². The molecule has 1 aliphatic rings. The largest absolute Gasteiger partial charge is 0.309 e. The fourth-order valence-corrected chi connectivity index (χ4v) is 2.06. The van der Waals surface area contributed by atoms with Gasteiger partial charge in [-0.25, -0.2) is 0 Å². The van der Waals surface area contributed by atoms with Crippen LogP contribution in [0.1, 0.15) is 53.4 Å². The minimum Gasteiger partial charge on any atom is -0.309 e. The van der Waals surface area contributed by atoms with Crippen molar-refractivity contribution in [2.75, 3.05) is 0 Å². The summed E-state index contributed by atoms with van der Waals surface area (Å²) in [7, 11) is 0. The fourth-order valence-electron chi connectivity index (χ4n) is 2.06. The number of hydrogen-bond donors (Lipinski definition) is 1. The van der Waals surface area contributed by atoms with Crippen LogP contribution >= 0.6 is 0 Å². The van der Waals surface area contributed by atoms with Gasteiger partial charge in [-0.2, -0.15) is 0 Å². The molecule has 1 N–H and O–H groups in total. The van der Waals surface area contributed by atoms with Crippen molar-refractivity contribution in [2.45, 2.75) is 65.0 Å². The van der Waals surface area contributed by atoms with Crippen molar-refractivity contribution < 1.29 is 0 Å². The number of rotatable bonds is 5. The van der Waals surface area contributed by atoms with Gasteiger partial charge in [-0.1, -0.05) is 13.3 Å². The topological polar surface area (TPSA) is 12.0 Å². The van der Waals surface area contributed by atoms with Gasteiger partial charge in [0.25, 0.3) is 0 Å². The quantitative estimate of drug-likeness (QED) is 0.667. The molecule has 0 amide bonds. The molecule has 0 aromatic carbocycles. The molecule has 0 aromatic heterocycles. The van der Waals surface area contributed by atoms with Crippen LogP contribution < -0.4 is 5.32 Å². The number of nitrogens with one attached hydrogen (secondary N) is 1. The summed E-state index contributed by atoms with van der Waals surface area (Å²) in [5.74, 6) is 0.941. The summed E-state index contributed by atoms with van der Waals surface area (Å²) in [4.78, 5) is 0. The summed E-state index contributed by atoms with van der Waals surface area (Å²) in [5, 5.41) is 3.72.